The van der Waals surface area contributed by atoms with Crippen molar-refractivity contribution in [3.8, 4) is 10.6 Å². The zero-order valence-electron chi connectivity index (χ0n) is 14.6. The Morgan fingerprint density at radius 2 is 1.85 bits per heavy atom. The van der Waals surface area contributed by atoms with E-state index in [9.17, 15) is 4.79 Å². The number of halogens is 1. The van der Waals surface area contributed by atoms with E-state index in [1.54, 1.807) is 6.20 Å². The number of rotatable bonds is 6. The molecule has 1 aromatic heterocycles. The van der Waals surface area contributed by atoms with Crippen LogP contribution in [-0.4, -0.2) is 36.4 Å². The SMILES string of the molecule is CN(C)C(CNC(=O)c1cnc(-c2ccccc2Cl)s1)c1ccccc1. The lowest BCUT2D eigenvalue weighted by Crippen LogP contribution is -2.34. The number of aromatic nitrogens is 1. The first-order chi connectivity index (χ1) is 12.6. The zero-order valence-corrected chi connectivity index (χ0v) is 16.2. The quantitative estimate of drug-likeness (QED) is 0.679. The molecule has 1 heterocycles. The summed E-state index contributed by atoms with van der Waals surface area (Å²) in [5, 5.41) is 4.39. The molecule has 1 atom stereocenters. The van der Waals surface area contributed by atoms with Crippen LogP contribution < -0.4 is 5.32 Å². The molecule has 0 aliphatic rings. The minimum absolute atomic E-state index is 0.108. The molecule has 3 rings (SSSR count). The summed E-state index contributed by atoms with van der Waals surface area (Å²) in [5.41, 5.74) is 2.01. The van der Waals surface area contributed by atoms with Gasteiger partial charge in [-0.15, -0.1) is 11.3 Å². The molecule has 0 aliphatic heterocycles. The maximum Gasteiger partial charge on any atom is 0.263 e. The molecule has 134 valence electrons. The van der Waals surface area contributed by atoms with Gasteiger partial charge < -0.3 is 10.2 Å². The topological polar surface area (TPSA) is 45.2 Å². The van der Waals surface area contributed by atoms with Crippen LogP contribution in [0.5, 0.6) is 0 Å². The monoisotopic (exact) mass is 385 g/mol. The molecule has 6 heteroatoms. The fourth-order valence-corrected chi connectivity index (χ4v) is 3.84. The fraction of sp³-hybridized carbons (Fsp3) is 0.200. The highest BCUT2D eigenvalue weighted by Crippen LogP contribution is 2.31. The summed E-state index contributed by atoms with van der Waals surface area (Å²) in [5.74, 6) is -0.122. The summed E-state index contributed by atoms with van der Waals surface area (Å²) in [7, 11) is 4.01. The minimum Gasteiger partial charge on any atom is -0.349 e. The van der Waals surface area contributed by atoms with Crippen LogP contribution in [0.1, 0.15) is 21.3 Å². The number of thiazole rings is 1. The predicted molar refractivity (Wildman–Crippen MR) is 108 cm³/mol. The number of carbonyl (C=O) groups is 1. The smallest absolute Gasteiger partial charge is 0.263 e. The molecule has 3 aromatic rings. The first-order valence-corrected chi connectivity index (χ1v) is 9.46. The highest BCUT2D eigenvalue weighted by molar-refractivity contribution is 7.17. The lowest BCUT2D eigenvalue weighted by atomic mass is 10.1. The molecule has 1 N–H and O–H groups in total. The molecule has 0 bridgehead atoms. The van der Waals surface area contributed by atoms with Crippen molar-refractivity contribution in [2.24, 2.45) is 0 Å². The van der Waals surface area contributed by atoms with Crippen molar-refractivity contribution in [2.75, 3.05) is 20.6 Å². The number of likely N-dealkylation sites (N-methyl/N-ethyl adjacent to an activating group) is 1. The van der Waals surface area contributed by atoms with Crippen LogP contribution >= 0.6 is 22.9 Å². The number of nitrogens with zero attached hydrogens (tertiary/aromatic N) is 2. The van der Waals surface area contributed by atoms with Crippen LogP contribution in [0.4, 0.5) is 0 Å². The number of carbonyl (C=O) groups excluding carboxylic acids is 1. The molecule has 0 saturated carbocycles. The normalized spacial score (nSPS) is 12.2. The Hall–Kier alpha value is -2.21. The van der Waals surface area contributed by atoms with Crippen molar-refractivity contribution in [3.63, 3.8) is 0 Å². The van der Waals surface area contributed by atoms with Gasteiger partial charge in [-0.25, -0.2) is 4.98 Å². The molecule has 1 amide bonds. The van der Waals surface area contributed by atoms with Crippen LogP contribution in [0.15, 0.2) is 60.8 Å². The van der Waals surface area contributed by atoms with E-state index in [4.69, 9.17) is 11.6 Å². The highest BCUT2D eigenvalue weighted by Gasteiger charge is 2.17. The number of nitrogens with one attached hydrogen (secondary N) is 1. The molecule has 0 radical (unpaired) electrons. The molecule has 1 unspecified atom stereocenters. The van der Waals surface area contributed by atoms with E-state index in [1.165, 1.54) is 16.9 Å². The van der Waals surface area contributed by atoms with E-state index in [0.717, 1.165) is 10.6 Å². The standard InChI is InChI=1S/C20H20ClN3OS/c1-24(2)17(14-8-4-3-5-9-14)12-22-19(25)18-13-23-20(26-18)15-10-6-7-11-16(15)21/h3-11,13,17H,12H2,1-2H3,(H,22,25). The molecule has 4 nitrogen and oxygen atoms in total. The van der Waals surface area contributed by atoms with Crippen LogP contribution in [-0.2, 0) is 0 Å². The van der Waals surface area contributed by atoms with Gasteiger partial charge >= 0.3 is 0 Å². The number of amides is 1. The van der Waals surface area contributed by atoms with E-state index in [0.29, 0.717) is 16.4 Å². The summed E-state index contributed by atoms with van der Waals surface area (Å²) in [6, 6.07) is 17.7. The second-order valence-corrected chi connectivity index (χ2v) is 7.55. The van der Waals surface area contributed by atoms with Gasteiger partial charge in [0.1, 0.15) is 9.88 Å². The van der Waals surface area contributed by atoms with Gasteiger partial charge in [0.05, 0.1) is 17.3 Å². The maximum atomic E-state index is 12.5. The maximum absolute atomic E-state index is 12.5. The molecule has 2 aromatic carbocycles. The minimum atomic E-state index is -0.122. The Labute approximate surface area is 162 Å². The summed E-state index contributed by atoms with van der Waals surface area (Å²) in [4.78, 5) is 19.6. The Kier molecular flexibility index (Phi) is 6.04. The third kappa shape index (κ3) is 4.30. The van der Waals surface area contributed by atoms with Crippen LogP contribution in [0, 0.1) is 0 Å². The van der Waals surface area contributed by atoms with Crippen molar-refractivity contribution in [1.82, 2.24) is 15.2 Å². The molecule has 0 fully saturated rings. The van der Waals surface area contributed by atoms with Crippen molar-refractivity contribution < 1.29 is 4.79 Å². The molecular weight excluding hydrogens is 366 g/mol. The van der Waals surface area contributed by atoms with E-state index < -0.39 is 0 Å². The zero-order chi connectivity index (χ0) is 18.5. The van der Waals surface area contributed by atoms with Gasteiger partial charge in [-0.3, -0.25) is 4.79 Å². The van der Waals surface area contributed by atoms with Crippen molar-refractivity contribution in [2.45, 2.75) is 6.04 Å². The van der Waals surface area contributed by atoms with E-state index in [-0.39, 0.29) is 11.9 Å². The number of hydrogen-bond donors (Lipinski definition) is 1. The third-order valence-electron chi connectivity index (χ3n) is 4.10. The van der Waals surface area contributed by atoms with Crippen LogP contribution in [0.3, 0.4) is 0 Å². The predicted octanol–water partition coefficient (Wildman–Crippen LogP) is 4.50. The van der Waals surface area contributed by atoms with Crippen LogP contribution in [0.2, 0.25) is 5.02 Å². The Morgan fingerprint density at radius 3 is 2.54 bits per heavy atom. The molecule has 0 aliphatic carbocycles. The lowest BCUT2D eigenvalue weighted by Gasteiger charge is -2.25. The summed E-state index contributed by atoms with van der Waals surface area (Å²) in [6.45, 7) is 0.523. The summed E-state index contributed by atoms with van der Waals surface area (Å²) < 4.78 is 0. The first-order valence-electron chi connectivity index (χ1n) is 8.26. The third-order valence-corrected chi connectivity index (χ3v) is 5.46. The van der Waals surface area contributed by atoms with Crippen molar-refractivity contribution in [3.05, 3.63) is 76.3 Å². The average molecular weight is 386 g/mol. The Balaban J connectivity index is 1.70. The van der Waals surface area contributed by atoms with Gasteiger partial charge in [-0.1, -0.05) is 60.1 Å². The van der Waals surface area contributed by atoms with E-state index >= 15 is 0 Å². The molecule has 0 saturated heterocycles. The van der Waals surface area contributed by atoms with Crippen molar-refractivity contribution in [1.29, 1.82) is 0 Å². The number of benzene rings is 2. The van der Waals surface area contributed by atoms with Gasteiger partial charge in [-0.05, 0) is 25.7 Å². The van der Waals surface area contributed by atoms with Gasteiger partial charge in [0.25, 0.3) is 5.91 Å². The van der Waals surface area contributed by atoms with Crippen LogP contribution in [0.25, 0.3) is 10.6 Å². The van der Waals surface area contributed by atoms with E-state index in [1.807, 2.05) is 56.6 Å². The van der Waals surface area contributed by atoms with Gasteiger partial charge in [0, 0.05) is 12.1 Å². The largest absolute Gasteiger partial charge is 0.349 e. The second kappa shape index (κ2) is 8.45. The molecule has 0 spiro atoms. The van der Waals surface area contributed by atoms with Gasteiger partial charge in [-0.2, -0.15) is 0 Å². The van der Waals surface area contributed by atoms with Gasteiger partial charge in [0.15, 0.2) is 0 Å². The Morgan fingerprint density at radius 1 is 1.15 bits per heavy atom. The summed E-state index contributed by atoms with van der Waals surface area (Å²) in [6.07, 6.45) is 1.60. The number of hydrogen-bond acceptors (Lipinski definition) is 4. The molecule has 26 heavy (non-hydrogen) atoms. The van der Waals surface area contributed by atoms with Crippen molar-refractivity contribution >= 4 is 28.8 Å². The highest BCUT2D eigenvalue weighted by atomic mass is 35.5. The van der Waals surface area contributed by atoms with Gasteiger partial charge in [0.2, 0.25) is 0 Å². The van der Waals surface area contributed by atoms with E-state index in [2.05, 4.69) is 27.3 Å². The molecular formula is C20H20ClN3OS. The Bertz CT molecular complexity index is 880. The fourth-order valence-electron chi connectivity index (χ4n) is 2.69. The second-order valence-electron chi connectivity index (χ2n) is 6.11. The lowest BCUT2D eigenvalue weighted by molar-refractivity contribution is 0.0946. The summed E-state index contributed by atoms with van der Waals surface area (Å²) >= 11 is 7.56. The first kappa shape index (κ1) is 18.6. The average Bonchev–Trinajstić information content (AvgIpc) is 3.13.